The molecule has 1 amide bonds. The SMILES string of the molecule is C=C(C)C1CCC(C)=CC1c1c(O)cc(CCCCC)c(C(=O)N(CC)CC)c1O. The molecule has 0 heterocycles. The van der Waals surface area contributed by atoms with Crippen LogP contribution in [-0.4, -0.2) is 34.1 Å². The molecule has 4 nitrogen and oxygen atoms in total. The molecule has 1 aromatic rings. The summed E-state index contributed by atoms with van der Waals surface area (Å²) in [6, 6.07) is 1.72. The number of nitrogens with zero attached hydrogens (tertiary/aromatic N) is 1. The lowest BCUT2D eigenvalue weighted by atomic mass is 9.73. The van der Waals surface area contributed by atoms with Crippen molar-refractivity contribution in [2.75, 3.05) is 13.1 Å². The quantitative estimate of drug-likeness (QED) is 0.367. The Labute approximate surface area is 182 Å². The maximum atomic E-state index is 13.4. The first-order valence-electron chi connectivity index (χ1n) is 11.5. The highest BCUT2D eigenvalue weighted by Crippen LogP contribution is 2.48. The Kier molecular flexibility index (Phi) is 8.57. The summed E-state index contributed by atoms with van der Waals surface area (Å²) >= 11 is 0. The van der Waals surface area contributed by atoms with Crippen LogP contribution in [-0.2, 0) is 6.42 Å². The summed E-state index contributed by atoms with van der Waals surface area (Å²) < 4.78 is 0. The molecule has 0 radical (unpaired) electrons. The third-order valence-corrected chi connectivity index (χ3v) is 6.43. The van der Waals surface area contributed by atoms with E-state index in [9.17, 15) is 15.0 Å². The van der Waals surface area contributed by atoms with Gasteiger partial charge in [-0.25, -0.2) is 0 Å². The van der Waals surface area contributed by atoms with Gasteiger partial charge in [-0.3, -0.25) is 4.79 Å². The van der Waals surface area contributed by atoms with E-state index < -0.39 is 0 Å². The molecule has 2 rings (SSSR count). The lowest BCUT2D eigenvalue weighted by Crippen LogP contribution is -2.31. The number of carbonyl (C=O) groups excluding carboxylic acids is 1. The molecule has 1 aromatic carbocycles. The first kappa shape index (κ1) is 24.0. The van der Waals surface area contributed by atoms with E-state index in [1.807, 2.05) is 20.8 Å². The van der Waals surface area contributed by atoms with Crippen LogP contribution in [0.5, 0.6) is 11.5 Å². The summed E-state index contributed by atoms with van der Waals surface area (Å²) in [6.07, 6.45) is 7.74. The minimum atomic E-state index is -0.177. The maximum absolute atomic E-state index is 13.4. The molecule has 166 valence electrons. The molecule has 1 aliphatic rings. The monoisotopic (exact) mass is 413 g/mol. The number of amides is 1. The van der Waals surface area contributed by atoms with Crippen molar-refractivity contribution in [3.63, 3.8) is 0 Å². The number of allylic oxidation sites excluding steroid dienone is 3. The van der Waals surface area contributed by atoms with Crippen molar-refractivity contribution in [2.45, 2.75) is 79.1 Å². The Morgan fingerprint density at radius 1 is 1.20 bits per heavy atom. The predicted octanol–water partition coefficient (Wildman–Crippen LogP) is 6.33. The first-order chi connectivity index (χ1) is 14.3. The number of carbonyl (C=O) groups is 1. The van der Waals surface area contributed by atoms with E-state index in [1.165, 1.54) is 5.57 Å². The zero-order chi connectivity index (χ0) is 22.4. The van der Waals surface area contributed by atoms with Gasteiger partial charge in [-0.2, -0.15) is 0 Å². The van der Waals surface area contributed by atoms with Gasteiger partial charge in [0.2, 0.25) is 0 Å². The van der Waals surface area contributed by atoms with Crippen LogP contribution in [0.4, 0.5) is 0 Å². The molecule has 0 saturated heterocycles. The topological polar surface area (TPSA) is 60.8 Å². The molecule has 0 bridgehead atoms. The molecule has 2 N–H and O–H groups in total. The lowest BCUT2D eigenvalue weighted by molar-refractivity contribution is 0.0768. The number of aryl methyl sites for hydroxylation is 1. The van der Waals surface area contributed by atoms with Gasteiger partial charge in [-0.15, -0.1) is 0 Å². The molecule has 0 aromatic heterocycles. The molecule has 2 unspecified atom stereocenters. The Morgan fingerprint density at radius 2 is 1.87 bits per heavy atom. The highest BCUT2D eigenvalue weighted by atomic mass is 16.3. The molecule has 0 saturated carbocycles. The number of hydrogen-bond acceptors (Lipinski definition) is 3. The molecule has 1 aliphatic carbocycles. The van der Waals surface area contributed by atoms with Crippen molar-refractivity contribution >= 4 is 5.91 Å². The number of hydrogen-bond donors (Lipinski definition) is 2. The predicted molar refractivity (Wildman–Crippen MR) is 124 cm³/mol. The Hall–Kier alpha value is -2.23. The second kappa shape index (κ2) is 10.7. The van der Waals surface area contributed by atoms with Gasteiger partial charge in [0.15, 0.2) is 0 Å². The number of phenolic OH excluding ortho intramolecular Hbond substituents is 2. The van der Waals surface area contributed by atoms with Crippen LogP contribution in [0.1, 0.15) is 94.1 Å². The molecule has 0 aliphatic heterocycles. The highest BCUT2D eigenvalue weighted by molar-refractivity contribution is 5.99. The van der Waals surface area contributed by atoms with Gasteiger partial charge in [-0.1, -0.05) is 43.6 Å². The summed E-state index contributed by atoms with van der Waals surface area (Å²) in [5, 5.41) is 22.4. The maximum Gasteiger partial charge on any atom is 0.257 e. The van der Waals surface area contributed by atoms with E-state index in [2.05, 4.69) is 26.5 Å². The second-order valence-electron chi connectivity index (χ2n) is 8.66. The smallest absolute Gasteiger partial charge is 0.257 e. The van der Waals surface area contributed by atoms with E-state index in [0.717, 1.165) is 43.2 Å². The number of phenols is 2. The van der Waals surface area contributed by atoms with Crippen molar-refractivity contribution in [1.82, 2.24) is 4.90 Å². The van der Waals surface area contributed by atoms with Crippen molar-refractivity contribution in [3.8, 4) is 11.5 Å². The first-order valence-corrected chi connectivity index (χ1v) is 11.5. The fraction of sp³-hybridized carbons (Fsp3) is 0.577. The van der Waals surface area contributed by atoms with Crippen molar-refractivity contribution in [2.24, 2.45) is 5.92 Å². The van der Waals surface area contributed by atoms with Gasteiger partial charge in [0.25, 0.3) is 5.91 Å². The van der Waals surface area contributed by atoms with E-state index >= 15 is 0 Å². The normalized spacial score (nSPS) is 18.8. The van der Waals surface area contributed by atoms with Crippen molar-refractivity contribution in [1.29, 1.82) is 0 Å². The van der Waals surface area contributed by atoms with Crippen LogP contribution in [0, 0.1) is 5.92 Å². The molecule has 30 heavy (non-hydrogen) atoms. The average molecular weight is 414 g/mol. The molecular weight excluding hydrogens is 374 g/mol. The molecule has 4 heteroatoms. The number of aromatic hydroxyl groups is 2. The van der Waals surface area contributed by atoms with Gasteiger partial charge >= 0.3 is 0 Å². The summed E-state index contributed by atoms with van der Waals surface area (Å²) in [5.74, 6) is -0.177. The highest BCUT2D eigenvalue weighted by Gasteiger charge is 2.33. The molecule has 2 atom stereocenters. The van der Waals surface area contributed by atoms with Crippen LogP contribution in [0.15, 0.2) is 29.9 Å². The van der Waals surface area contributed by atoms with E-state index in [4.69, 9.17) is 0 Å². The standard InChI is InChI=1S/C26H39NO3/c1-7-10-11-12-19-16-22(28)24(21-15-18(6)13-14-20(21)17(4)5)25(29)23(19)26(30)27(8-2)9-3/h15-16,20-21,28-29H,4,7-14H2,1-3,5-6H3. The zero-order valence-electron chi connectivity index (χ0n) is 19.4. The summed E-state index contributed by atoms with van der Waals surface area (Å²) in [4.78, 5) is 15.1. The largest absolute Gasteiger partial charge is 0.507 e. The van der Waals surface area contributed by atoms with Crippen LogP contribution in [0.3, 0.4) is 0 Å². The van der Waals surface area contributed by atoms with Crippen molar-refractivity contribution in [3.05, 3.63) is 46.6 Å². The minimum absolute atomic E-state index is 0.0550. The van der Waals surface area contributed by atoms with Gasteiger partial charge in [0, 0.05) is 24.6 Å². The molecular formula is C26H39NO3. The Bertz CT molecular complexity index is 805. The Balaban J connectivity index is 2.67. The van der Waals surface area contributed by atoms with Crippen LogP contribution >= 0.6 is 0 Å². The average Bonchev–Trinajstić information content (AvgIpc) is 2.68. The molecule has 0 spiro atoms. The van der Waals surface area contributed by atoms with Gasteiger partial charge in [0.1, 0.15) is 11.5 Å². The lowest BCUT2D eigenvalue weighted by Gasteiger charge is -2.32. The summed E-state index contributed by atoms with van der Waals surface area (Å²) in [7, 11) is 0. The van der Waals surface area contributed by atoms with Gasteiger partial charge < -0.3 is 15.1 Å². The minimum Gasteiger partial charge on any atom is -0.507 e. The fourth-order valence-corrected chi connectivity index (χ4v) is 4.63. The summed E-state index contributed by atoms with van der Waals surface area (Å²) in [6.45, 7) is 15.4. The van der Waals surface area contributed by atoms with E-state index in [-0.39, 0.29) is 29.2 Å². The Morgan fingerprint density at radius 3 is 2.43 bits per heavy atom. The molecule has 0 fully saturated rings. The van der Waals surface area contributed by atoms with E-state index in [0.29, 0.717) is 30.6 Å². The van der Waals surface area contributed by atoms with Crippen LogP contribution < -0.4 is 0 Å². The van der Waals surface area contributed by atoms with Crippen LogP contribution in [0.2, 0.25) is 0 Å². The van der Waals surface area contributed by atoms with E-state index in [1.54, 1.807) is 11.0 Å². The summed E-state index contributed by atoms with van der Waals surface area (Å²) in [5.41, 5.74) is 3.84. The second-order valence-corrected chi connectivity index (χ2v) is 8.66. The number of unbranched alkanes of at least 4 members (excludes halogenated alkanes) is 2. The third kappa shape index (κ3) is 5.08. The number of benzene rings is 1. The fourth-order valence-electron chi connectivity index (χ4n) is 4.63. The van der Waals surface area contributed by atoms with Crippen molar-refractivity contribution < 1.29 is 15.0 Å². The number of rotatable bonds is 9. The third-order valence-electron chi connectivity index (χ3n) is 6.43. The van der Waals surface area contributed by atoms with Crippen LogP contribution in [0.25, 0.3) is 0 Å². The van der Waals surface area contributed by atoms with Gasteiger partial charge in [-0.05, 0) is 70.9 Å². The van der Waals surface area contributed by atoms with Gasteiger partial charge in [0.05, 0.1) is 5.56 Å². The zero-order valence-corrected chi connectivity index (χ0v) is 19.4.